The average molecular weight is 610 g/mol. The number of halogens is 2. The molecule has 0 bridgehead atoms. The van der Waals surface area contributed by atoms with Gasteiger partial charge in [0.05, 0.1) is 5.54 Å². The summed E-state index contributed by atoms with van der Waals surface area (Å²) in [6.07, 6.45) is 7.04. The molecule has 0 spiro atoms. The number of hydrogen-bond acceptors (Lipinski definition) is 5. The molecular weight excluding hydrogens is 576 g/mol. The average Bonchev–Trinajstić information content (AvgIpc) is 3.04. The van der Waals surface area contributed by atoms with E-state index in [1.54, 1.807) is 15.7 Å². The van der Waals surface area contributed by atoms with Crippen LogP contribution in [-0.2, 0) is 6.61 Å². The molecule has 1 saturated carbocycles. The van der Waals surface area contributed by atoms with Gasteiger partial charge in [0, 0.05) is 17.8 Å². The van der Waals surface area contributed by atoms with Crippen LogP contribution in [0.5, 0.6) is 11.5 Å². The molecule has 0 radical (unpaired) electrons. The number of benzene rings is 3. The molecule has 2 aliphatic rings. The third kappa shape index (κ3) is 5.39. The molecule has 45 heavy (non-hydrogen) atoms. The Hall–Kier alpha value is -5.18. The summed E-state index contributed by atoms with van der Waals surface area (Å²) in [6, 6.07) is 21.7. The first-order chi connectivity index (χ1) is 21.9. The van der Waals surface area contributed by atoms with Crippen molar-refractivity contribution in [3.8, 4) is 11.5 Å². The number of carbonyl (C=O) groups is 1. The second-order valence-corrected chi connectivity index (χ2v) is 11.1. The summed E-state index contributed by atoms with van der Waals surface area (Å²) in [4.78, 5) is 29.5. The maximum atomic E-state index is 15.5. The van der Waals surface area contributed by atoms with Crippen molar-refractivity contribution in [2.75, 3.05) is 18.3 Å². The summed E-state index contributed by atoms with van der Waals surface area (Å²) in [5, 5.41) is 1.85. The fourth-order valence-corrected chi connectivity index (χ4v) is 6.06. The molecule has 0 N–H and O–H groups in total. The standard InChI is InChI=1S/C36H33F2N3O4/c1-3-22-44-33-27(16-17-28(37)30(33)38)31(26-14-9-6-10-15-26)41-24-39(36(4-2)19-11-20-36)35(43)32-34(29(42)18-21-40(32)41)45-23-25-12-7-5-8-13-25/h3-10,12-18,21,31H,1-2,11,19-20,22-24H2. The van der Waals surface area contributed by atoms with Gasteiger partial charge in [0.25, 0.3) is 5.91 Å². The Bertz CT molecular complexity index is 1790. The van der Waals surface area contributed by atoms with Crippen LogP contribution < -0.4 is 19.9 Å². The van der Waals surface area contributed by atoms with Gasteiger partial charge in [-0.25, -0.2) is 4.39 Å². The number of rotatable bonds is 11. The first-order valence-electron chi connectivity index (χ1n) is 14.8. The molecule has 4 aromatic rings. The third-order valence-electron chi connectivity index (χ3n) is 8.54. The van der Waals surface area contributed by atoms with Gasteiger partial charge in [-0.15, -0.1) is 6.58 Å². The number of hydrogen-bond donors (Lipinski definition) is 0. The van der Waals surface area contributed by atoms with Gasteiger partial charge >= 0.3 is 0 Å². The van der Waals surface area contributed by atoms with Crippen LogP contribution in [0.1, 0.15) is 52.5 Å². The zero-order valence-electron chi connectivity index (χ0n) is 24.7. The molecule has 1 fully saturated rings. The van der Waals surface area contributed by atoms with Crippen molar-refractivity contribution < 1.29 is 23.0 Å². The highest BCUT2D eigenvalue weighted by molar-refractivity contribution is 5.97. The van der Waals surface area contributed by atoms with Gasteiger partial charge in [0.15, 0.2) is 23.0 Å². The van der Waals surface area contributed by atoms with Crippen molar-refractivity contribution in [3.05, 3.63) is 155 Å². The fourth-order valence-electron chi connectivity index (χ4n) is 6.06. The van der Waals surface area contributed by atoms with Crippen molar-refractivity contribution >= 4 is 5.91 Å². The number of nitrogens with zero attached hydrogens (tertiary/aromatic N) is 3. The molecule has 7 nitrogen and oxygen atoms in total. The molecule has 1 amide bonds. The molecule has 1 aliphatic heterocycles. The quantitative estimate of drug-likeness (QED) is 0.181. The van der Waals surface area contributed by atoms with Crippen LogP contribution in [0.2, 0.25) is 0 Å². The van der Waals surface area contributed by atoms with Gasteiger partial charge in [-0.1, -0.05) is 79.4 Å². The predicted molar refractivity (Wildman–Crippen MR) is 168 cm³/mol. The monoisotopic (exact) mass is 609 g/mol. The highest BCUT2D eigenvalue weighted by atomic mass is 19.2. The van der Waals surface area contributed by atoms with E-state index in [-0.39, 0.29) is 43.0 Å². The Labute approximate surface area is 260 Å². The topological polar surface area (TPSA) is 64.0 Å². The first-order valence-corrected chi connectivity index (χ1v) is 14.8. The molecule has 2 heterocycles. The van der Waals surface area contributed by atoms with Crippen LogP contribution >= 0.6 is 0 Å². The van der Waals surface area contributed by atoms with Crippen LogP contribution in [-0.4, -0.2) is 34.3 Å². The zero-order valence-corrected chi connectivity index (χ0v) is 24.7. The van der Waals surface area contributed by atoms with Gasteiger partial charge < -0.3 is 14.4 Å². The molecule has 9 heteroatoms. The summed E-state index contributed by atoms with van der Waals surface area (Å²) in [5.41, 5.74) is 0.807. The molecule has 0 saturated heterocycles. The minimum atomic E-state index is -1.13. The first kappa shape index (κ1) is 29.9. The molecular formula is C36H33F2N3O4. The van der Waals surface area contributed by atoms with Gasteiger partial charge in [-0.2, -0.15) is 4.39 Å². The summed E-state index contributed by atoms with van der Waals surface area (Å²) >= 11 is 0. The smallest absolute Gasteiger partial charge is 0.278 e. The number of pyridine rings is 1. The van der Waals surface area contributed by atoms with Crippen molar-refractivity contribution in [1.82, 2.24) is 9.58 Å². The second kappa shape index (κ2) is 12.4. The van der Waals surface area contributed by atoms with Gasteiger partial charge in [-0.05, 0) is 42.5 Å². The Kier molecular flexibility index (Phi) is 8.26. The summed E-state index contributed by atoms with van der Waals surface area (Å²) in [5.74, 6) is -2.93. The Morgan fingerprint density at radius 1 is 0.889 bits per heavy atom. The predicted octanol–water partition coefficient (Wildman–Crippen LogP) is 6.52. The molecule has 1 unspecified atom stereocenters. The Balaban J connectivity index is 1.57. The van der Waals surface area contributed by atoms with Crippen molar-refractivity contribution in [2.45, 2.75) is 37.5 Å². The summed E-state index contributed by atoms with van der Waals surface area (Å²) < 4.78 is 43.5. The van der Waals surface area contributed by atoms with Crippen molar-refractivity contribution in [3.63, 3.8) is 0 Å². The van der Waals surface area contributed by atoms with E-state index >= 15 is 4.39 Å². The maximum absolute atomic E-state index is 15.5. The Morgan fingerprint density at radius 2 is 1.60 bits per heavy atom. The van der Waals surface area contributed by atoms with Gasteiger partial charge in [-0.3, -0.25) is 19.3 Å². The van der Waals surface area contributed by atoms with E-state index in [1.807, 2.05) is 65.7 Å². The Morgan fingerprint density at radius 3 is 2.24 bits per heavy atom. The van der Waals surface area contributed by atoms with Crippen molar-refractivity contribution in [2.24, 2.45) is 0 Å². The number of fused-ring (bicyclic) bond motifs is 1. The largest absolute Gasteiger partial charge is 0.486 e. The lowest BCUT2D eigenvalue weighted by Gasteiger charge is -2.54. The van der Waals surface area contributed by atoms with Crippen LogP contribution in [0.25, 0.3) is 0 Å². The molecule has 6 rings (SSSR count). The van der Waals surface area contributed by atoms with E-state index in [0.717, 1.165) is 23.6 Å². The van der Waals surface area contributed by atoms with E-state index in [1.165, 1.54) is 24.4 Å². The normalized spacial score (nSPS) is 15.9. The zero-order chi connectivity index (χ0) is 31.6. The lowest BCUT2D eigenvalue weighted by molar-refractivity contribution is 0.0254. The van der Waals surface area contributed by atoms with Crippen molar-refractivity contribution in [1.29, 1.82) is 0 Å². The number of ether oxygens (including phenoxy) is 2. The van der Waals surface area contributed by atoms with E-state index < -0.39 is 28.6 Å². The van der Waals surface area contributed by atoms with Gasteiger partial charge in [0.2, 0.25) is 11.2 Å². The van der Waals surface area contributed by atoms with E-state index in [2.05, 4.69) is 13.2 Å². The minimum absolute atomic E-state index is 0.0369. The molecule has 1 aromatic heterocycles. The number of aromatic nitrogens is 1. The summed E-state index contributed by atoms with van der Waals surface area (Å²) in [6.45, 7) is 7.78. The minimum Gasteiger partial charge on any atom is -0.486 e. The van der Waals surface area contributed by atoms with E-state index in [4.69, 9.17) is 9.47 Å². The fraction of sp³-hybridized carbons (Fsp3) is 0.222. The van der Waals surface area contributed by atoms with Crippen LogP contribution in [0.15, 0.2) is 115 Å². The SMILES string of the molecule is C=CCOc1c(C(c2ccccc2)N2CN(C3(C=C)CCC3)C(=O)c3c(OCc4ccccc4)c(=O)ccn32)ccc(F)c1F. The van der Waals surface area contributed by atoms with E-state index in [0.29, 0.717) is 18.4 Å². The van der Waals surface area contributed by atoms with Gasteiger partial charge in [0.1, 0.15) is 25.9 Å². The van der Waals surface area contributed by atoms with Crippen LogP contribution in [0.3, 0.4) is 0 Å². The lowest BCUT2D eigenvalue weighted by Crippen LogP contribution is -2.64. The maximum Gasteiger partial charge on any atom is 0.278 e. The second-order valence-electron chi connectivity index (χ2n) is 11.1. The molecule has 3 aromatic carbocycles. The molecule has 1 aliphatic carbocycles. The molecule has 230 valence electrons. The lowest BCUT2D eigenvalue weighted by atomic mass is 9.75. The van der Waals surface area contributed by atoms with Crippen LogP contribution in [0.4, 0.5) is 8.78 Å². The highest BCUT2D eigenvalue weighted by Crippen LogP contribution is 2.44. The highest BCUT2D eigenvalue weighted by Gasteiger charge is 2.48. The van der Waals surface area contributed by atoms with Crippen LogP contribution in [0, 0.1) is 11.6 Å². The molecule has 1 atom stereocenters. The summed E-state index contributed by atoms with van der Waals surface area (Å²) in [7, 11) is 0. The van der Waals surface area contributed by atoms with E-state index in [9.17, 15) is 14.0 Å². The number of carbonyl (C=O) groups excluding carboxylic acids is 1. The number of amides is 1. The third-order valence-corrected chi connectivity index (χ3v) is 8.54.